The number of ketones is 1. The molecule has 2 aromatic rings. The van der Waals surface area contributed by atoms with E-state index in [9.17, 15) is 4.79 Å². The fourth-order valence-electron chi connectivity index (χ4n) is 2.30. The fraction of sp³-hybridized carbons (Fsp3) is 0.235. The van der Waals surface area contributed by atoms with Crippen LogP contribution in [0.15, 0.2) is 40.9 Å². The third-order valence-electron chi connectivity index (χ3n) is 3.07. The summed E-state index contributed by atoms with van der Waals surface area (Å²) in [5, 5.41) is 0. The molecular formula is C17H17BrO. The van der Waals surface area contributed by atoms with E-state index in [1.807, 2.05) is 25.1 Å². The number of aryl methyl sites for hydroxylation is 3. The molecule has 0 aliphatic heterocycles. The topological polar surface area (TPSA) is 17.1 Å². The summed E-state index contributed by atoms with van der Waals surface area (Å²) < 4.78 is 0.877. The van der Waals surface area contributed by atoms with Crippen LogP contribution in [0.1, 0.15) is 32.6 Å². The predicted octanol–water partition coefficient (Wildman–Crippen LogP) is 4.80. The van der Waals surface area contributed by atoms with Crippen molar-refractivity contribution in [1.29, 1.82) is 0 Å². The number of hydrogen-bond donors (Lipinski definition) is 0. The van der Waals surface area contributed by atoms with Gasteiger partial charge in [0, 0.05) is 16.5 Å². The lowest BCUT2D eigenvalue weighted by molar-refractivity contribution is 0.0992. The van der Waals surface area contributed by atoms with Crippen LogP contribution in [0.5, 0.6) is 0 Å². The molecule has 0 fully saturated rings. The van der Waals surface area contributed by atoms with Gasteiger partial charge in [-0.25, -0.2) is 0 Å². The van der Waals surface area contributed by atoms with E-state index in [-0.39, 0.29) is 5.78 Å². The van der Waals surface area contributed by atoms with Gasteiger partial charge in [0.05, 0.1) is 0 Å². The first kappa shape index (κ1) is 14.0. The van der Waals surface area contributed by atoms with Crippen molar-refractivity contribution in [3.63, 3.8) is 0 Å². The third kappa shape index (κ3) is 3.54. The lowest BCUT2D eigenvalue weighted by Crippen LogP contribution is -2.05. The van der Waals surface area contributed by atoms with Gasteiger partial charge in [0.1, 0.15) is 0 Å². The SMILES string of the molecule is Cc1cc(C)cc(CC(=O)c2ccc(C)cc2Br)c1. The van der Waals surface area contributed by atoms with Crippen LogP contribution in [0.3, 0.4) is 0 Å². The van der Waals surface area contributed by atoms with Crippen molar-refractivity contribution in [2.75, 3.05) is 0 Å². The molecule has 0 heterocycles. The molecule has 0 N–H and O–H groups in total. The van der Waals surface area contributed by atoms with Crippen molar-refractivity contribution in [3.8, 4) is 0 Å². The molecule has 0 saturated carbocycles. The Bertz CT molecular complexity index is 609. The highest BCUT2D eigenvalue weighted by Crippen LogP contribution is 2.21. The molecule has 0 atom stereocenters. The van der Waals surface area contributed by atoms with Gasteiger partial charge in [-0.2, -0.15) is 0 Å². The lowest BCUT2D eigenvalue weighted by Gasteiger charge is -2.07. The number of carbonyl (C=O) groups is 1. The largest absolute Gasteiger partial charge is 0.294 e. The molecule has 2 aromatic carbocycles. The zero-order chi connectivity index (χ0) is 14.0. The highest BCUT2D eigenvalue weighted by atomic mass is 79.9. The standard InChI is InChI=1S/C17H17BrO/c1-11-4-5-15(16(18)9-11)17(19)10-14-7-12(2)6-13(3)8-14/h4-9H,10H2,1-3H3. The summed E-state index contributed by atoms with van der Waals surface area (Å²) in [5.74, 6) is 0.150. The van der Waals surface area contributed by atoms with Gasteiger partial charge in [0.15, 0.2) is 5.78 Å². The van der Waals surface area contributed by atoms with E-state index in [1.165, 1.54) is 11.1 Å². The smallest absolute Gasteiger partial charge is 0.168 e. The van der Waals surface area contributed by atoms with Gasteiger partial charge in [-0.1, -0.05) is 51.3 Å². The molecule has 0 radical (unpaired) electrons. The first-order valence-corrected chi connectivity index (χ1v) is 7.11. The molecule has 2 rings (SSSR count). The second-order valence-corrected chi connectivity index (χ2v) is 5.93. The van der Waals surface area contributed by atoms with Crippen LogP contribution in [0.25, 0.3) is 0 Å². The van der Waals surface area contributed by atoms with Crippen molar-refractivity contribution in [2.45, 2.75) is 27.2 Å². The molecule has 19 heavy (non-hydrogen) atoms. The Morgan fingerprint density at radius 2 is 1.58 bits per heavy atom. The summed E-state index contributed by atoms with van der Waals surface area (Å²) >= 11 is 3.47. The molecule has 0 aliphatic carbocycles. The van der Waals surface area contributed by atoms with Gasteiger partial charge >= 0.3 is 0 Å². The minimum absolute atomic E-state index is 0.150. The second kappa shape index (κ2) is 5.70. The van der Waals surface area contributed by atoms with E-state index in [0.717, 1.165) is 21.2 Å². The molecule has 0 unspecified atom stereocenters. The van der Waals surface area contributed by atoms with Crippen LogP contribution in [-0.4, -0.2) is 5.78 Å². The third-order valence-corrected chi connectivity index (χ3v) is 3.73. The summed E-state index contributed by atoms with van der Waals surface area (Å²) in [4.78, 5) is 12.3. The zero-order valence-corrected chi connectivity index (χ0v) is 13.0. The van der Waals surface area contributed by atoms with Crippen molar-refractivity contribution in [2.24, 2.45) is 0 Å². The van der Waals surface area contributed by atoms with Crippen molar-refractivity contribution < 1.29 is 4.79 Å². The van der Waals surface area contributed by atoms with Gasteiger partial charge in [-0.15, -0.1) is 0 Å². The van der Waals surface area contributed by atoms with E-state index < -0.39 is 0 Å². The van der Waals surface area contributed by atoms with Crippen LogP contribution in [0.4, 0.5) is 0 Å². The molecule has 2 heteroatoms. The maximum absolute atomic E-state index is 12.3. The van der Waals surface area contributed by atoms with Crippen LogP contribution < -0.4 is 0 Å². The van der Waals surface area contributed by atoms with E-state index in [0.29, 0.717) is 6.42 Å². The van der Waals surface area contributed by atoms with E-state index >= 15 is 0 Å². The molecule has 0 aromatic heterocycles. The van der Waals surface area contributed by atoms with Crippen molar-refractivity contribution in [1.82, 2.24) is 0 Å². The fourth-order valence-corrected chi connectivity index (χ4v) is 3.01. The average molecular weight is 317 g/mol. The Hall–Kier alpha value is -1.41. The lowest BCUT2D eigenvalue weighted by atomic mass is 9.99. The number of hydrogen-bond acceptors (Lipinski definition) is 1. The second-order valence-electron chi connectivity index (χ2n) is 5.08. The van der Waals surface area contributed by atoms with Crippen LogP contribution in [0, 0.1) is 20.8 Å². The molecule has 98 valence electrons. The first-order valence-electron chi connectivity index (χ1n) is 6.32. The van der Waals surface area contributed by atoms with Crippen molar-refractivity contribution >= 4 is 21.7 Å². The van der Waals surface area contributed by atoms with Gasteiger partial charge in [0.25, 0.3) is 0 Å². The Morgan fingerprint density at radius 3 is 2.16 bits per heavy atom. The Balaban J connectivity index is 2.25. The zero-order valence-electron chi connectivity index (χ0n) is 11.5. The highest BCUT2D eigenvalue weighted by molar-refractivity contribution is 9.10. The summed E-state index contributed by atoms with van der Waals surface area (Å²) in [6.07, 6.45) is 0.449. The molecule has 0 saturated heterocycles. The quantitative estimate of drug-likeness (QED) is 0.743. The van der Waals surface area contributed by atoms with Crippen LogP contribution >= 0.6 is 15.9 Å². The molecule has 0 aliphatic rings. The minimum atomic E-state index is 0.150. The van der Waals surface area contributed by atoms with Crippen molar-refractivity contribution in [3.05, 3.63) is 68.7 Å². The Morgan fingerprint density at radius 1 is 0.947 bits per heavy atom. The summed E-state index contributed by atoms with van der Waals surface area (Å²) in [7, 11) is 0. The normalized spacial score (nSPS) is 10.5. The number of benzene rings is 2. The average Bonchev–Trinajstić information content (AvgIpc) is 2.26. The molecule has 0 amide bonds. The van der Waals surface area contributed by atoms with Gasteiger partial charge in [0.2, 0.25) is 0 Å². The van der Waals surface area contributed by atoms with E-state index in [4.69, 9.17) is 0 Å². The van der Waals surface area contributed by atoms with Crippen LogP contribution in [0.2, 0.25) is 0 Å². The van der Waals surface area contributed by atoms with E-state index in [2.05, 4.69) is 48.0 Å². The number of carbonyl (C=O) groups excluding carboxylic acids is 1. The first-order chi connectivity index (χ1) is 8.95. The van der Waals surface area contributed by atoms with Gasteiger partial charge < -0.3 is 0 Å². The molecule has 0 spiro atoms. The molecule has 1 nitrogen and oxygen atoms in total. The molecular weight excluding hydrogens is 300 g/mol. The maximum atomic E-state index is 12.3. The number of halogens is 1. The monoisotopic (exact) mass is 316 g/mol. The Kier molecular flexibility index (Phi) is 4.20. The maximum Gasteiger partial charge on any atom is 0.168 e. The number of Topliss-reactive ketones (excluding diaryl/α,β-unsaturated/α-hetero) is 1. The summed E-state index contributed by atoms with van der Waals surface area (Å²) in [6, 6.07) is 12.1. The number of rotatable bonds is 3. The highest BCUT2D eigenvalue weighted by Gasteiger charge is 2.11. The Labute approximate surface area is 122 Å². The predicted molar refractivity (Wildman–Crippen MR) is 82.8 cm³/mol. The minimum Gasteiger partial charge on any atom is -0.294 e. The molecule has 0 bridgehead atoms. The summed E-state index contributed by atoms with van der Waals surface area (Å²) in [6.45, 7) is 6.13. The summed E-state index contributed by atoms with van der Waals surface area (Å²) in [5.41, 5.74) is 5.38. The van der Waals surface area contributed by atoms with E-state index in [1.54, 1.807) is 0 Å². The van der Waals surface area contributed by atoms with Crippen LogP contribution in [-0.2, 0) is 6.42 Å². The van der Waals surface area contributed by atoms with Gasteiger partial charge in [-0.05, 0) is 44.0 Å². The van der Waals surface area contributed by atoms with Gasteiger partial charge in [-0.3, -0.25) is 4.79 Å².